The Labute approximate surface area is 196 Å². The highest BCUT2D eigenvalue weighted by molar-refractivity contribution is 6.30. The lowest BCUT2D eigenvalue weighted by atomic mass is 10.1. The van der Waals surface area contributed by atoms with Crippen LogP contribution in [0, 0.1) is 5.82 Å². The summed E-state index contributed by atoms with van der Waals surface area (Å²) in [5.74, 6) is -3.99. The largest absolute Gasteiger partial charge is 0.478 e. The topological polar surface area (TPSA) is 84.8 Å². The van der Waals surface area contributed by atoms with E-state index in [1.807, 2.05) is 0 Å². The van der Waals surface area contributed by atoms with Crippen molar-refractivity contribution in [1.82, 2.24) is 9.97 Å². The first-order valence-corrected chi connectivity index (χ1v) is 10.1. The van der Waals surface area contributed by atoms with Crippen LogP contribution >= 0.6 is 11.6 Å². The fourth-order valence-corrected chi connectivity index (χ4v) is 3.31. The third-order valence-electron chi connectivity index (χ3n) is 4.63. The summed E-state index contributed by atoms with van der Waals surface area (Å²) in [6.45, 7) is 1.81. The monoisotopic (exact) mass is 499 g/mol. The molecule has 0 fully saturated rings. The zero-order chi connectivity index (χ0) is 25.0. The number of nitrogens with zero attached hydrogens (tertiary/aromatic N) is 3. The van der Waals surface area contributed by atoms with Gasteiger partial charge in [0.25, 0.3) is 0 Å². The zero-order valence-corrected chi connectivity index (χ0v) is 18.6. The summed E-state index contributed by atoms with van der Waals surface area (Å²) < 4.78 is 65.1. The van der Waals surface area contributed by atoms with Crippen LogP contribution in [0.4, 0.5) is 29.1 Å². The number of hydrogen-bond acceptors (Lipinski definition) is 6. The number of rotatable bonds is 8. The van der Waals surface area contributed by atoms with Gasteiger partial charge in [0.05, 0.1) is 28.9 Å². The van der Waals surface area contributed by atoms with Crippen molar-refractivity contribution < 1.29 is 36.9 Å². The minimum Gasteiger partial charge on any atom is -0.478 e. The molecule has 12 heteroatoms. The lowest BCUT2D eigenvalue weighted by Crippen LogP contribution is -2.34. The number of carboxylic acids is 1. The summed E-state index contributed by atoms with van der Waals surface area (Å²) in [5, 5.41) is 10.1. The molecule has 3 aromatic rings. The molecule has 0 bridgehead atoms. The fourth-order valence-electron chi connectivity index (χ4n) is 3.20. The van der Waals surface area contributed by atoms with Gasteiger partial charge in [0.15, 0.2) is 11.6 Å². The van der Waals surface area contributed by atoms with Crippen molar-refractivity contribution in [3.05, 3.63) is 70.8 Å². The number of methoxy groups -OCH3 is 1. The molecule has 1 N–H and O–H groups in total. The van der Waals surface area contributed by atoms with Gasteiger partial charge in [-0.2, -0.15) is 13.2 Å². The smallest absolute Gasteiger partial charge is 0.421 e. The highest BCUT2D eigenvalue weighted by Gasteiger charge is 2.36. The Morgan fingerprint density at radius 3 is 2.56 bits per heavy atom. The standard InChI is InChI=1S/C22H18ClF4N3O4/c1-12(11-33-2)30(19-6-5-13(23)10-29-19)17-9-16(24)18(8-14(17)21(31)32)34-20-15(22(25,26)27)4-3-7-28-20/h3-10,12H,11H2,1-2H3,(H,31,32)/t12-/m1/s1. The molecule has 0 spiro atoms. The number of aromatic nitrogens is 2. The van der Waals surface area contributed by atoms with E-state index < -0.39 is 46.8 Å². The molecule has 0 unspecified atom stereocenters. The van der Waals surface area contributed by atoms with Crippen molar-refractivity contribution in [3.63, 3.8) is 0 Å². The van der Waals surface area contributed by atoms with E-state index in [0.29, 0.717) is 11.1 Å². The summed E-state index contributed by atoms with van der Waals surface area (Å²) in [4.78, 5) is 21.2. The van der Waals surface area contributed by atoms with E-state index >= 15 is 4.39 Å². The molecule has 34 heavy (non-hydrogen) atoms. The zero-order valence-electron chi connectivity index (χ0n) is 17.8. The maximum atomic E-state index is 15.1. The minimum absolute atomic E-state index is 0.117. The Hall–Kier alpha value is -3.44. The van der Waals surface area contributed by atoms with Crippen LogP contribution in [0.1, 0.15) is 22.8 Å². The first kappa shape index (κ1) is 25.2. The summed E-state index contributed by atoms with van der Waals surface area (Å²) in [7, 11) is 1.44. The van der Waals surface area contributed by atoms with Gasteiger partial charge in [-0.15, -0.1) is 0 Å². The van der Waals surface area contributed by atoms with Crippen molar-refractivity contribution in [2.45, 2.75) is 19.1 Å². The Bertz CT molecular complexity index is 1180. The molecule has 0 radical (unpaired) electrons. The van der Waals surface area contributed by atoms with Crippen LogP contribution < -0.4 is 9.64 Å². The molecule has 0 saturated heterocycles. The molecular weight excluding hydrogens is 482 g/mol. The number of pyridine rings is 2. The van der Waals surface area contributed by atoms with E-state index in [0.717, 1.165) is 24.4 Å². The predicted octanol–water partition coefficient (Wildman–Crippen LogP) is 5.95. The predicted molar refractivity (Wildman–Crippen MR) is 115 cm³/mol. The summed E-state index contributed by atoms with van der Waals surface area (Å²) in [6.07, 6.45) is -2.45. The number of aromatic carboxylic acids is 1. The quantitative estimate of drug-likeness (QED) is 0.383. The van der Waals surface area contributed by atoms with Crippen molar-refractivity contribution in [3.8, 4) is 11.6 Å². The average molecular weight is 500 g/mol. The number of benzene rings is 1. The summed E-state index contributed by atoms with van der Waals surface area (Å²) in [6, 6.07) is 5.91. The van der Waals surface area contributed by atoms with E-state index in [1.165, 1.54) is 30.3 Å². The molecule has 7 nitrogen and oxygen atoms in total. The molecule has 0 saturated carbocycles. The Kier molecular flexibility index (Phi) is 7.57. The van der Waals surface area contributed by atoms with Gasteiger partial charge in [-0.25, -0.2) is 19.2 Å². The van der Waals surface area contributed by atoms with E-state index in [1.54, 1.807) is 6.92 Å². The average Bonchev–Trinajstić information content (AvgIpc) is 2.76. The number of carboxylic acid groups (broad SMARTS) is 1. The molecule has 1 aromatic carbocycles. The normalized spacial score (nSPS) is 12.3. The molecular formula is C22H18ClF4N3O4. The first-order chi connectivity index (χ1) is 16.0. The van der Waals surface area contributed by atoms with Crippen LogP contribution in [0.5, 0.6) is 11.6 Å². The molecule has 0 aliphatic carbocycles. The third-order valence-corrected chi connectivity index (χ3v) is 4.85. The van der Waals surface area contributed by atoms with Gasteiger partial charge < -0.3 is 19.5 Å². The lowest BCUT2D eigenvalue weighted by Gasteiger charge is -2.31. The lowest BCUT2D eigenvalue weighted by molar-refractivity contribution is -0.138. The molecule has 3 rings (SSSR count). The van der Waals surface area contributed by atoms with Gasteiger partial charge in [-0.1, -0.05) is 11.6 Å². The van der Waals surface area contributed by atoms with E-state index in [9.17, 15) is 23.1 Å². The number of hydrogen-bond donors (Lipinski definition) is 1. The van der Waals surface area contributed by atoms with Crippen molar-refractivity contribution >= 4 is 29.1 Å². The van der Waals surface area contributed by atoms with Crippen molar-refractivity contribution in [1.29, 1.82) is 0 Å². The maximum absolute atomic E-state index is 15.1. The number of alkyl halides is 3. The second kappa shape index (κ2) is 10.2. The molecule has 1 atom stereocenters. The van der Waals surface area contributed by atoms with Crippen LogP contribution in [0.3, 0.4) is 0 Å². The number of ether oxygens (including phenoxy) is 2. The first-order valence-electron chi connectivity index (χ1n) is 9.69. The fraction of sp³-hybridized carbons (Fsp3) is 0.227. The Morgan fingerprint density at radius 2 is 1.97 bits per heavy atom. The number of halogens is 5. The molecule has 0 aliphatic heterocycles. The Morgan fingerprint density at radius 1 is 1.24 bits per heavy atom. The van der Waals surface area contributed by atoms with Crippen LogP contribution in [-0.4, -0.2) is 40.8 Å². The van der Waals surface area contributed by atoms with E-state index in [-0.39, 0.29) is 18.1 Å². The molecule has 2 aromatic heterocycles. The molecule has 0 amide bonds. The Balaban J connectivity index is 2.13. The van der Waals surface area contributed by atoms with Gasteiger partial charge >= 0.3 is 12.1 Å². The van der Waals surface area contributed by atoms with Gasteiger partial charge in [0.1, 0.15) is 11.4 Å². The summed E-state index contributed by atoms with van der Waals surface area (Å²) >= 11 is 5.89. The van der Waals surface area contributed by atoms with Crippen molar-refractivity contribution in [2.24, 2.45) is 0 Å². The second-order valence-corrected chi connectivity index (χ2v) is 7.51. The molecule has 0 aliphatic rings. The minimum atomic E-state index is -4.82. The maximum Gasteiger partial charge on any atom is 0.421 e. The van der Waals surface area contributed by atoms with Gasteiger partial charge in [-0.3, -0.25) is 0 Å². The van der Waals surface area contributed by atoms with Crippen LogP contribution in [-0.2, 0) is 10.9 Å². The van der Waals surface area contributed by atoms with Gasteiger partial charge in [0, 0.05) is 31.6 Å². The summed E-state index contributed by atoms with van der Waals surface area (Å²) in [5.41, 5.74) is -1.80. The van der Waals surface area contributed by atoms with Crippen LogP contribution in [0.25, 0.3) is 0 Å². The SMILES string of the molecule is COC[C@@H](C)N(c1ccc(Cl)cn1)c1cc(F)c(Oc2ncccc2C(F)(F)F)cc1C(=O)O. The highest BCUT2D eigenvalue weighted by atomic mass is 35.5. The van der Waals surface area contributed by atoms with Crippen molar-refractivity contribution in [2.75, 3.05) is 18.6 Å². The van der Waals surface area contributed by atoms with E-state index in [4.69, 9.17) is 21.1 Å². The number of anilines is 2. The highest BCUT2D eigenvalue weighted by Crippen LogP contribution is 2.39. The third kappa shape index (κ3) is 5.54. The van der Waals surface area contributed by atoms with E-state index in [2.05, 4.69) is 9.97 Å². The van der Waals surface area contributed by atoms with Crippen LogP contribution in [0.2, 0.25) is 5.02 Å². The molecule has 2 heterocycles. The van der Waals surface area contributed by atoms with Gasteiger partial charge in [0.2, 0.25) is 5.88 Å². The molecule has 180 valence electrons. The number of carbonyl (C=O) groups is 1. The van der Waals surface area contributed by atoms with Crippen LogP contribution in [0.15, 0.2) is 48.8 Å². The second-order valence-electron chi connectivity index (χ2n) is 7.07. The van der Waals surface area contributed by atoms with Gasteiger partial charge in [-0.05, 0) is 31.2 Å².